The molecule has 0 aliphatic carbocycles. The van der Waals surface area contributed by atoms with Gasteiger partial charge in [0.15, 0.2) is 6.10 Å². The van der Waals surface area contributed by atoms with Gasteiger partial charge >= 0.3 is 6.03 Å². The molecule has 152 valence electrons. The molecule has 3 aromatic rings. The maximum atomic E-state index is 12.8. The van der Waals surface area contributed by atoms with Crippen LogP contribution in [-0.2, 0) is 17.9 Å². The van der Waals surface area contributed by atoms with Crippen LogP contribution in [0, 0.1) is 0 Å². The monoisotopic (exact) mass is 401 g/mol. The van der Waals surface area contributed by atoms with E-state index in [1.54, 1.807) is 24.0 Å². The molecular formula is C24H23N3O3. The van der Waals surface area contributed by atoms with Crippen molar-refractivity contribution in [2.75, 3.05) is 10.6 Å². The third kappa shape index (κ3) is 4.60. The fourth-order valence-electron chi connectivity index (χ4n) is 3.43. The minimum absolute atomic E-state index is 0.0635. The Bertz CT molecular complexity index is 1040. The molecule has 1 heterocycles. The number of carbonyl (C=O) groups excluding carboxylic acids is 2. The molecule has 0 saturated carbocycles. The van der Waals surface area contributed by atoms with Gasteiger partial charge in [0.05, 0.1) is 0 Å². The lowest BCUT2D eigenvalue weighted by atomic mass is 10.1. The first-order chi connectivity index (χ1) is 14.6. The van der Waals surface area contributed by atoms with Gasteiger partial charge < -0.3 is 20.3 Å². The van der Waals surface area contributed by atoms with Crippen molar-refractivity contribution in [3.05, 3.63) is 90.0 Å². The second-order valence-corrected chi connectivity index (χ2v) is 7.21. The van der Waals surface area contributed by atoms with Crippen molar-refractivity contribution in [3.8, 4) is 5.75 Å². The molecule has 6 heteroatoms. The van der Waals surface area contributed by atoms with E-state index < -0.39 is 6.10 Å². The number of hydrogen-bond donors (Lipinski definition) is 2. The Morgan fingerprint density at radius 1 is 0.967 bits per heavy atom. The Labute approximate surface area is 175 Å². The predicted molar refractivity (Wildman–Crippen MR) is 116 cm³/mol. The Morgan fingerprint density at radius 2 is 1.63 bits per heavy atom. The zero-order valence-corrected chi connectivity index (χ0v) is 16.7. The van der Waals surface area contributed by atoms with Gasteiger partial charge in [0.2, 0.25) is 0 Å². The van der Waals surface area contributed by atoms with E-state index in [-0.39, 0.29) is 11.9 Å². The fraction of sp³-hybridized carbons (Fsp3) is 0.167. The first-order valence-corrected chi connectivity index (χ1v) is 9.84. The molecule has 0 saturated heterocycles. The molecule has 0 spiro atoms. The van der Waals surface area contributed by atoms with Crippen LogP contribution < -0.4 is 15.4 Å². The number of fused-ring (bicyclic) bond motifs is 1. The molecular weight excluding hydrogens is 378 g/mol. The molecule has 1 aliphatic heterocycles. The summed E-state index contributed by atoms with van der Waals surface area (Å²) in [6, 6.07) is 24.2. The van der Waals surface area contributed by atoms with Crippen LogP contribution in [0.25, 0.3) is 0 Å². The molecule has 0 aromatic heterocycles. The van der Waals surface area contributed by atoms with Gasteiger partial charge in [-0.1, -0.05) is 48.5 Å². The van der Waals surface area contributed by atoms with E-state index in [0.717, 1.165) is 11.1 Å². The number of rotatable bonds is 4. The van der Waals surface area contributed by atoms with Gasteiger partial charge in [-0.25, -0.2) is 4.79 Å². The molecule has 1 aliphatic rings. The number of anilines is 2. The lowest BCUT2D eigenvalue weighted by Gasteiger charge is -2.22. The highest BCUT2D eigenvalue weighted by molar-refractivity contribution is 5.99. The number of amides is 3. The fourth-order valence-corrected chi connectivity index (χ4v) is 3.43. The van der Waals surface area contributed by atoms with Crippen LogP contribution in [-0.4, -0.2) is 22.9 Å². The molecule has 6 nitrogen and oxygen atoms in total. The van der Waals surface area contributed by atoms with E-state index in [2.05, 4.69) is 10.6 Å². The third-order valence-electron chi connectivity index (χ3n) is 4.89. The molecule has 0 fully saturated rings. The summed E-state index contributed by atoms with van der Waals surface area (Å²) in [6.45, 7) is 2.66. The normalized spacial score (nSPS) is 15.6. The summed E-state index contributed by atoms with van der Waals surface area (Å²) in [4.78, 5) is 26.9. The molecule has 2 N–H and O–H groups in total. The largest absolute Gasteiger partial charge is 0.481 e. The van der Waals surface area contributed by atoms with Gasteiger partial charge in [0.25, 0.3) is 5.91 Å². The van der Waals surface area contributed by atoms with Crippen LogP contribution >= 0.6 is 0 Å². The minimum Gasteiger partial charge on any atom is -0.481 e. The lowest BCUT2D eigenvalue weighted by molar-refractivity contribution is -0.138. The van der Waals surface area contributed by atoms with Crippen molar-refractivity contribution >= 4 is 23.3 Å². The molecule has 3 aromatic carbocycles. The summed E-state index contributed by atoms with van der Waals surface area (Å²) in [6.07, 6.45) is -0.574. The average molecular weight is 401 g/mol. The summed E-state index contributed by atoms with van der Waals surface area (Å²) in [5, 5.41) is 5.63. The summed E-state index contributed by atoms with van der Waals surface area (Å²) in [7, 11) is 0. The lowest BCUT2D eigenvalue weighted by Crippen LogP contribution is -2.37. The van der Waals surface area contributed by atoms with E-state index in [9.17, 15) is 9.59 Å². The van der Waals surface area contributed by atoms with Crippen molar-refractivity contribution in [3.63, 3.8) is 0 Å². The molecule has 3 amide bonds. The summed E-state index contributed by atoms with van der Waals surface area (Å²) in [5.74, 6) is 0.590. The smallest absolute Gasteiger partial charge is 0.323 e. The van der Waals surface area contributed by atoms with Crippen LogP contribution in [0.2, 0.25) is 0 Å². The number of para-hydroxylation sites is 1. The highest BCUT2D eigenvalue weighted by atomic mass is 16.5. The summed E-state index contributed by atoms with van der Waals surface area (Å²) in [5.41, 5.74) is 3.24. The number of urea groups is 1. The quantitative estimate of drug-likeness (QED) is 0.669. The van der Waals surface area contributed by atoms with Crippen LogP contribution in [0.1, 0.15) is 18.1 Å². The number of nitrogens with one attached hydrogen (secondary N) is 2. The Balaban J connectivity index is 1.51. The Kier molecular flexibility index (Phi) is 5.66. The third-order valence-corrected chi connectivity index (χ3v) is 4.89. The van der Waals surface area contributed by atoms with Crippen LogP contribution in [0.4, 0.5) is 16.2 Å². The van der Waals surface area contributed by atoms with E-state index in [1.807, 2.05) is 66.7 Å². The highest BCUT2D eigenvalue weighted by Gasteiger charge is 2.28. The molecule has 30 heavy (non-hydrogen) atoms. The van der Waals surface area contributed by atoms with Crippen LogP contribution in [0.15, 0.2) is 78.9 Å². The van der Waals surface area contributed by atoms with E-state index in [4.69, 9.17) is 4.74 Å². The van der Waals surface area contributed by atoms with Crippen molar-refractivity contribution in [2.24, 2.45) is 0 Å². The topological polar surface area (TPSA) is 70.7 Å². The van der Waals surface area contributed by atoms with Gasteiger partial charge in [-0.2, -0.15) is 0 Å². The number of carbonyl (C=O) groups is 2. The molecule has 0 radical (unpaired) electrons. The van der Waals surface area contributed by atoms with Crippen LogP contribution in [0.5, 0.6) is 5.75 Å². The van der Waals surface area contributed by atoms with Gasteiger partial charge in [-0.05, 0) is 42.8 Å². The first kappa shape index (κ1) is 19.5. The van der Waals surface area contributed by atoms with Crippen LogP contribution in [0.3, 0.4) is 0 Å². The standard InChI is InChI=1S/C24H23N3O3/c1-17-23(28)27(15-18-8-4-2-5-9-18)16-19-14-21(12-13-22(19)30-17)26-24(29)25-20-10-6-3-7-11-20/h2-14,17H,15-16H2,1H3,(H2,25,26,29). The second kappa shape index (κ2) is 8.69. The molecule has 1 unspecified atom stereocenters. The van der Waals surface area contributed by atoms with E-state index >= 15 is 0 Å². The predicted octanol–water partition coefficient (Wildman–Crippen LogP) is 4.64. The maximum absolute atomic E-state index is 12.8. The SMILES string of the molecule is CC1Oc2ccc(NC(=O)Nc3ccccc3)cc2CN(Cc2ccccc2)C1=O. The Hall–Kier alpha value is -3.80. The molecule has 1 atom stereocenters. The van der Waals surface area contributed by atoms with Crippen molar-refractivity contribution in [1.82, 2.24) is 4.90 Å². The number of benzene rings is 3. The van der Waals surface area contributed by atoms with Gasteiger partial charge in [0.1, 0.15) is 5.75 Å². The molecule has 4 rings (SSSR count). The summed E-state index contributed by atoms with van der Waals surface area (Å²) >= 11 is 0. The van der Waals surface area contributed by atoms with Gasteiger partial charge in [-0.3, -0.25) is 4.79 Å². The van der Waals surface area contributed by atoms with Crippen molar-refractivity contribution in [1.29, 1.82) is 0 Å². The van der Waals surface area contributed by atoms with Crippen molar-refractivity contribution < 1.29 is 14.3 Å². The summed E-state index contributed by atoms with van der Waals surface area (Å²) < 4.78 is 5.87. The number of ether oxygens (including phenoxy) is 1. The van der Waals surface area contributed by atoms with Crippen molar-refractivity contribution in [2.45, 2.75) is 26.1 Å². The Morgan fingerprint density at radius 3 is 2.37 bits per heavy atom. The zero-order valence-electron chi connectivity index (χ0n) is 16.7. The van der Waals surface area contributed by atoms with Gasteiger partial charge in [-0.15, -0.1) is 0 Å². The van der Waals surface area contributed by atoms with E-state index in [1.165, 1.54) is 0 Å². The average Bonchev–Trinajstić information content (AvgIpc) is 2.86. The van der Waals surface area contributed by atoms with E-state index in [0.29, 0.717) is 30.2 Å². The zero-order chi connectivity index (χ0) is 20.9. The highest BCUT2D eigenvalue weighted by Crippen LogP contribution is 2.29. The first-order valence-electron chi connectivity index (χ1n) is 9.84. The second-order valence-electron chi connectivity index (χ2n) is 7.21. The van der Waals surface area contributed by atoms with Gasteiger partial charge in [0, 0.05) is 30.0 Å². The number of nitrogens with zero attached hydrogens (tertiary/aromatic N) is 1. The maximum Gasteiger partial charge on any atom is 0.323 e. The number of hydrogen-bond acceptors (Lipinski definition) is 3. The molecule has 0 bridgehead atoms. The minimum atomic E-state index is -0.574.